The lowest BCUT2D eigenvalue weighted by Gasteiger charge is -1.98. The van der Waals surface area contributed by atoms with Crippen molar-refractivity contribution in [2.45, 2.75) is 6.92 Å². The monoisotopic (exact) mass is 239 g/mol. The molecule has 0 fully saturated rings. The minimum absolute atomic E-state index is 0.796. The molecule has 0 saturated carbocycles. The van der Waals surface area contributed by atoms with Crippen molar-refractivity contribution >= 4 is 0 Å². The highest BCUT2D eigenvalue weighted by molar-refractivity contribution is 5.57. The number of para-hydroxylation sites is 1. The molecule has 0 aliphatic heterocycles. The van der Waals surface area contributed by atoms with Crippen LogP contribution >= 0.6 is 0 Å². The molecule has 1 aromatic carbocycles. The van der Waals surface area contributed by atoms with Crippen LogP contribution in [0.25, 0.3) is 17.1 Å². The van der Waals surface area contributed by atoms with Gasteiger partial charge in [-0.3, -0.25) is 0 Å². The van der Waals surface area contributed by atoms with Gasteiger partial charge in [0.2, 0.25) is 0 Å². The second-order valence-electron chi connectivity index (χ2n) is 4.16. The van der Waals surface area contributed by atoms with Gasteiger partial charge in [-0.25, -0.2) is 4.68 Å². The van der Waals surface area contributed by atoms with Crippen molar-refractivity contribution < 1.29 is 0 Å². The summed E-state index contributed by atoms with van der Waals surface area (Å²) in [6, 6.07) is 10.0. The summed E-state index contributed by atoms with van der Waals surface area (Å²) < 4.78 is 1.86. The standard InChI is InChI=1S/C13H13N5/c1-10-9-18(11-6-4-3-5-7-11)16-13(10)12-8-14-17(2)15-12/h3-9H,1-2H3. The van der Waals surface area contributed by atoms with Gasteiger partial charge in [0, 0.05) is 13.2 Å². The molecule has 0 unspecified atom stereocenters. The molecule has 0 aliphatic carbocycles. The molecule has 0 spiro atoms. The highest BCUT2D eigenvalue weighted by atomic mass is 15.5. The third kappa shape index (κ3) is 1.79. The number of aromatic nitrogens is 5. The minimum Gasteiger partial charge on any atom is -0.240 e. The van der Waals surface area contributed by atoms with Crippen molar-refractivity contribution in [3.05, 3.63) is 48.3 Å². The zero-order valence-corrected chi connectivity index (χ0v) is 10.3. The Morgan fingerprint density at radius 2 is 1.83 bits per heavy atom. The summed E-state index contributed by atoms with van der Waals surface area (Å²) in [5.41, 5.74) is 3.78. The fourth-order valence-electron chi connectivity index (χ4n) is 1.88. The van der Waals surface area contributed by atoms with E-state index in [1.165, 1.54) is 4.80 Å². The second-order valence-corrected chi connectivity index (χ2v) is 4.16. The van der Waals surface area contributed by atoms with Crippen LogP contribution < -0.4 is 0 Å². The number of rotatable bonds is 2. The van der Waals surface area contributed by atoms with Crippen LogP contribution in [0.4, 0.5) is 0 Å². The maximum atomic E-state index is 4.56. The number of hydrogen-bond acceptors (Lipinski definition) is 3. The van der Waals surface area contributed by atoms with Gasteiger partial charge >= 0.3 is 0 Å². The van der Waals surface area contributed by atoms with Crippen molar-refractivity contribution in [1.82, 2.24) is 24.8 Å². The average molecular weight is 239 g/mol. The van der Waals surface area contributed by atoms with Gasteiger partial charge < -0.3 is 0 Å². The molecule has 0 bridgehead atoms. The van der Waals surface area contributed by atoms with Gasteiger partial charge in [0.1, 0.15) is 11.4 Å². The molecule has 5 nitrogen and oxygen atoms in total. The molecule has 0 atom stereocenters. The summed E-state index contributed by atoms with van der Waals surface area (Å²) in [6.07, 6.45) is 3.73. The van der Waals surface area contributed by atoms with Crippen molar-refractivity contribution in [2.24, 2.45) is 7.05 Å². The second kappa shape index (κ2) is 4.10. The van der Waals surface area contributed by atoms with Crippen LogP contribution in [0.3, 0.4) is 0 Å². The highest BCUT2D eigenvalue weighted by Gasteiger charge is 2.11. The maximum absolute atomic E-state index is 4.56. The molecule has 2 heterocycles. The molecule has 0 amide bonds. The van der Waals surface area contributed by atoms with Gasteiger partial charge in [-0.05, 0) is 24.6 Å². The van der Waals surface area contributed by atoms with Crippen LogP contribution in [-0.2, 0) is 7.05 Å². The van der Waals surface area contributed by atoms with E-state index in [1.807, 2.05) is 48.1 Å². The van der Waals surface area contributed by atoms with Crippen LogP contribution in [0.2, 0.25) is 0 Å². The quantitative estimate of drug-likeness (QED) is 0.687. The Bertz CT molecular complexity index is 666. The molecular formula is C13H13N5. The van der Waals surface area contributed by atoms with Crippen LogP contribution in [0.1, 0.15) is 5.56 Å². The molecule has 0 aliphatic rings. The van der Waals surface area contributed by atoms with E-state index in [-0.39, 0.29) is 0 Å². The fraction of sp³-hybridized carbons (Fsp3) is 0.154. The van der Waals surface area contributed by atoms with Crippen LogP contribution in [0.5, 0.6) is 0 Å². The maximum Gasteiger partial charge on any atom is 0.133 e. The van der Waals surface area contributed by atoms with Gasteiger partial charge in [0.15, 0.2) is 0 Å². The van der Waals surface area contributed by atoms with E-state index in [4.69, 9.17) is 0 Å². The zero-order chi connectivity index (χ0) is 12.5. The Kier molecular flexibility index (Phi) is 2.44. The average Bonchev–Trinajstić information content (AvgIpc) is 2.97. The van der Waals surface area contributed by atoms with E-state index in [2.05, 4.69) is 15.3 Å². The van der Waals surface area contributed by atoms with Gasteiger partial charge in [0.25, 0.3) is 0 Å². The zero-order valence-electron chi connectivity index (χ0n) is 10.3. The van der Waals surface area contributed by atoms with E-state index in [9.17, 15) is 0 Å². The van der Waals surface area contributed by atoms with E-state index in [0.29, 0.717) is 0 Å². The summed E-state index contributed by atoms with van der Waals surface area (Å²) in [6.45, 7) is 2.02. The molecule has 0 N–H and O–H groups in total. The van der Waals surface area contributed by atoms with Crippen LogP contribution in [0, 0.1) is 6.92 Å². The first-order valence-corrected chi connectivity index (χ1v) is 5.72. The highest BCUT2D eigenvalue weighted by Crippen LogP contribution is 2.20. The van der Waals surface area contributed by atoms with Gasteiger partial charge in [-0.15, -0.1) is 0 Å². The predicted molar refractivity (Wildman–Crippen MR) is 68.3 cm³/mol. The third-order valence-corrected chi connectivity index (χ3v) is 2.76. The molecule has 0 saturated heterocycles. The molecular weight excluding hydrogens is 226 g/mol. The van der Waals surface area contributed by atoms with Crippen molar-refractivity contribution in [1.29, 1.82) is 0 Å². The lowest BCUT2D eigenvalue weighted by molar-refractivity contribution is 0.655. The molecule has 5 heteroatoms. The molecule has 3 rings (SSSR count). The van der Waals surface area contributed by atoms with E-state index < -0.39 is 0 Å². The Labute approximate surface area is 105 Å². The first-order chi connectivity index (χ1) is 8.74. The molecule has 3 aromatic rings. The Hall–Kier alpha value is -2.43. The Morgan fingerprint density at radius 3 is 2.50 bits per heavy atom. The van der Waals surface area contributed by atoms with Crippen LogP contribution in [-0.4, -0.2) is 24.8 Å². The number of nitrogens with zero attached hydrogens (tertiary/aromatic N) is 5. The number of benzene rings is 1. The Morgan fingerprint density at radius 1 is 1.06 bits per heavy atom. The molecule has 18 heavy (non-hydrogen) atoms. The lowest BCUT2D eigenvalue weighted by atomic mass is 10.2. The normalized spacial score (nSPS) is 10.8. The Balaban J connectivity index is 2.06. The largest absolute Gasteiger partial charge is 0.240 e. The predicted octanol–water partition coefficient (Wildman–Crippen LogP) is 1.98. The summed E-state index contributed by atoms with van der Waals surface area (Å²) in [7, 11) is 1.80. The van der Waals surface area contributed by atoms with E-state index in [0.717, 1.165) is 22.6 Å². The van der Waals surface area contributed by atoms with Crippen molar-refractivity contribution in [3.8, 4) is 17.1 Å². The minimum atomic E-state index is 0.796. The van der Waals surface area contributed by atoms with Gasteiger partial charge in [0.05, 0.1) is 11.9 Å². The van der Waals surface area contributed by atoms with Crippen molar-refractivity contribution in [3.63, 3.8) is 0 Å². The first kappa shape index (κ1) is 10.7. The summed E-state index contributed by atoms with van der Waals surface area (Å²) >= 11 is 0. The topological polar surface area (TPSA) is 48.5 Å². The molecule has 2 aromatic heterocycles. The summed E-state index contributed by atoms with van der Waals surface area (Å²) in [4.78, 5) is 1.54. The van der Waals surface area contributed by atoms with Crippen LogP contribution in [0.15, 0.2) is 42.7 Å². The van der Waals surface area contributed by atoms with E-state index in [1.54, 1.807) is 13.2 Å². The third-order valence-electron chi connectivity index (χ3n) is 2.76. The molecule has 90 valence electrons. The van der Waals surface area contributed by atoms with Gasteiger partial charge in [-0.2, -0.15) is 20.1 Å². The SMILES string of the molecule is Cc1cn(-c2ccccc2)nc1-c1cnn(C)n1. The number of aryl methyl sites for hydroxylation is 2. The van der Waals surface area contributed by atoms with E-state index >= 15 is 0 Å². The van der Waals surface area contributed by atoms with Gasteiger partial charge in [-0.1, -0.05) is 18.2 Å². The lowest BCUT2D eigenvalue weighted by Crippen LogP contribution is -1.95. The summed E-state index contributed by atoms with van der Waals surface area (Å²) in [5.74, 6) is 0. The summed E-state index contributed by atoms with van der Waals surface area (Å²) in [5, 5.41) is 12.9. The van der Waals surface area contributed by atoms with Crippen molar-refractivity contribution in [2.75, 3.05) is 0 Å². The first-order valence-electron chi connectivity index (χ1n) is 5.72. The number of hydrogen-bond donors (Lipinski definition) is 0. The molecule has 0 radical (unpaired) electrons. The smallest absolute Gasteiger partial charge is 0.133 e. The fourth-order valence-corrected chi connectivity index (χ4v) is 1.88.